The maximum Gasteiger partial charge on any atom is 0.329 e. The van der Waals surface area contributed by atoms with Gasteiger partial charge in [-0.15, -0.1) is 0 Å². The average Bonchev–Trinajstić information content (AvgIpc) is 2.77. The molecule has 1 aliphatic carbocycles. The second-order valence-corrected chi connectivity index (χ2v) is 5.69. The molecule has 0 bridgehead atoms. The maximum absolute atomic E-state index is 12.2. The molecule has 1 saturated carbocycles. The van der Waals surface area contributed by atoms with Crippen molar-refractivity contribution < 1.29 is 14.7 Å². The molecule has 0 aromatic rings. The summed E-state index contributed by atoms with van der Waals surface area (Å²) in [6.45, 7) is 1.65. The van der Waals surface area contributed by atoms with Crippen LogP contribution < -0.4 is 5.32 Å². The van der Waals surface area contributed by atoms with E-state index in [1.54, 1.807) is 0 Å². The number of nitrogens with zero attached hydrogens (tertiary/aromatic N) is 1. The molecule has 1 aliphatic heterocycles. The van der Waals surface area contributed by atoms with Crippen LogP contribution in [0.4, 0.5) is 0 Å². The van der Waals surface area contributed by atoms with E-state index in [2.05, 4.69) is 10.2 Å². The topological polar surface area (TPSA) is 69.6 Å². The van der Waals surface area contributed by atoms with Gasteiger partial charge in [0.05, 0.1) is 5.92 Å². The molecule has 1 saturated heterocycles. The minimum absolute atomic E-state index is 0.0480. The van der Waals surface area contributed by atoms with E-state index in [1.807, 2.05) is 7.05 Å². The quantitative estimate of drug-likeness (QED) is 0.783. The lowest BCUT2D eigenvalue weighted by Gasteiger charge is -2.34. The van der Waals surface area contributed by atoms with Gasteiger partial charge in [0.25, 0.3) is 0 Å². The summed E-state index contributed by atoms with van der Waals surface area (Å²) in [7, 11) is 1.99. The van der Waals surface area contributed by atoms with E-state index in [0.29, 0.717) is 12.8 Å². The minimum Gasteiger partial charge on any atom is -0.480 e. The number of likely N-dealkylation sites (tertiary alicyclic amines) is 1. The molecule has 2 aliphatic rings. The standard InChI is InChI=1S/C13H22N2O3/c1-15-8-5-10(9-15)11(16)14-13(12(17)18)6-3-2-4-7-13/h10H,2-9H2,1H3,(H,14,16)(H,17,18). The van der Waals surface area contributed by atoms with Gasteiger partial charge < -0.3 is 15.3 Å². The van der Waals surface area contributed by atoms with Crippen molar-refractivity contribution >= 4 is 11.9 Å². The normalized spacial score (nSPS) is 27.9. The summed E-state index contributed by atoms with van der Waals surface area (Å²) in [5.74, 6) is -1.00. The Kier molecular flexibility index (Phi) is 3.90. The molecule has 5 heteroatoms. The van der Waals surface area contributed by atoms with Crippen molar-refractivity contribution in [2.75, 3.05) is 20.1 Å². The Morgan fingerprint density at radius 2 is 1.94 bits per heavy atom. The van der Waals surface area contributed by atoms with Crippen molar-refractivity contribution in [1.29, 1.82) is 0 Å². The summed E-state index contributed by atoms with van der Waals surface area (Å²) < 4.78 is 0. The molecule has 0 radical (unpaired) electrons. The first-order valence-corrected chi connectivity index (χ1v) is 6.77. The van der Waals surface area contributed by atoms with Crippen LogP contribution in [0.1, 0.15) is 38.5 Å². The van der Waals surface area contributed by atoms with E-state index in [0.717, 1.165) is 38.8 Å². The number of hydrogen-bond donors (Lipinski definition) is 2. The van der Waals surface area contributed by atoms with Crippen LogP contribution >= 0.6 is 0 Å². The molecule has 2 rings (SSSR count). The summed E-state index contributed by atoms with van der Waals surface area (Å²) in [5, 5.41) is 12.2. The Morgan fingerprint density at radius 3 is 2.44 bits per heavy atom. The zero-order valence-corrected chi connectivity index (χ0v) is 10.9. The molecule has 18 heavy (non-hydrogen) atoms. The molecular weight excluding hydrogens is 232 g/mol. The zero-order chi connectivity index (χ0) is 13.2. The van der Waals surface area contributed by atoms with E-state index in [4.69, 9.17) is 0 Å². The van der Waals surface area contributed by atoms with E-state index < -0.39 is 11.5 Å². The van der Waals surface area contributed by atoms with Gasteiger partial charge in [-0.05, 0) is 32.9 Å². The van der Waals surface area contributed by atoms with Crippen LogP contribution in [-0.4, -0.2) is 47.6 Å². The number of carboxylic acids is 1. The molecule has 2 fully saturated rings. The Balaban J connectivity index is 2.00. The Labute approximate surface area is 108 Å². The molecule has 1 heterocycles. The van der Waals surface area contributed by atoms with Crippen molar-refractivity contribution in [2.45, 2.75) is 44.1 Å². The van der Waals surface area contributed by atoms with Crippen molar-refractivity contribution in [3.8, 4) is 0 Å². The lowest BCUT2D eigenvalue weighted by molar-refractivity contribution is -0.149. The fourth-order valence-electron chi connectivity index (χ4n) is 3.03. The number of carbonyl (C=O) groups excluding carboxylic acids is 1. The molecule has 0 aromatic carbocycles. The fraction of sp³-hybridized carbons (Fsp3) is 0.846. The molecule has 102 valence electrons. The Morgan fingerprint density at radius 1 is 1.28 bits per heavy atom. The molecular formula is C13H22N2O3. The second kappa shape index (κ2) is 5.26. The number of nitrogens with one attached hydrogen (secondary N) is 1. The number of carbonyl (C=O) groups is 2. The number of amides is 1. The van der Waals surface area contributed by atoms with Gasteiger partial charge in [-0.3, -0.25) is 4.79 Å². The molecule has 0 spiro atoms. The van der Waals surface area contributed by atoms with Crippen LogP contribution in [-0.2, 0) is 9.59 Å². The molecule has 1 amide bonds. The lowest BCUT2D eigenvalue weighted by atomic mass is 9.81. The molecule has 5 nitrogen and oxygen atoms in total. The average molecular weight is 254 g/mol. The first-order valence-electron chi connectivity index (χ1n) is 6.77. The predicted molar refractivity (Wildman–Crippen MR) is 67.2 cm³/mol. The lowest BCUT2D eigenvalue weighted by Crippen LogP contribution is -2.57. The highest BCUT2D eigenvalue weighted by Crippen LogP contribution is 2.29. The van der Waals surface area contributed by atoms with Crippen molar-refractivity contribution in [2.24, 2.45) is 5.92 Å². The van der Waals surface area contributed by atoms with Gasteiger partial charge in [-0.2, -0.15) is 0 Å². The largest absolute Gasteiger partial charge is 0.480 e. The summed E-state index contributed by atoms with van der Waals surface area (Å²) in [5.41, 5.74) is -1.00. The summed E-state index contributed by atoms with van der Waals surface area (Å²) in [4.78, 5) is 25.7. The van der Waals surface area contributed by atoms with Gasteiger partial charge in [-0.25, -0.2) is 4.79 Å². The number of carboxylic acid groups (broad SMARTS) is 1. The van der Waals surface area contributed by atoms with Crippen LogP contribution in [0.5, 0.6) is 0 Å². The van der Waals surface area contributed by atoms with Crippen molar-refractivity contribution in [1.82, 2.24) is 10.2 Å². The SMILES string of the molecule is CN1CCC(C(=O)NC2(C(=O)O)CCCCC2)C1. The number of hydrogen-bond acceptors (Lipinski definition) is 3. The monoisotopic (exact) mass is 254 g/mol. The summed E-state index contributed by atoms with van der Waals surface area (Å²) in [6, 6.07) is 0. The molecule has 0 aromatic heterocycles. The number of aliphatic carboxylic acids is 1. The first-order chi connectivity index (χ1) is 8.53. The van der Waals surface area contributed by atoms with E-state index in [-0.39, 0.29) is 11.8 Å². The third-order valence-corrected chi connectivity index (χ3v) is 4.24. The third kappa shape index (κ3) is 2.66. The van der Waals surface area contributed by atoms with Gasteiger partial charge in [-0.1, -0.05) is 19.3 Å². The van der Waals surface area contributed by atoms with Crippen molar-refractivity contribution in [3.05, 3.63) is 0 Å². The van der Waals surface area contributed by atoms with Gasteiger partial charge in [0.15, 0.2) is 0 Å². The highest BCUT2D eigenvalue weighted by atomic mass is 16.4. The fourth-order valence-corrected chi connectivity index (χ4v) is 3.03. The third-order valence-electron chi connectivity index (χ3n) is 4.24. The van der Waals surface area contributed by atoms with Crippen LogP contribution in [0.25, 0.3) is 0 Å². The molecule has 1 unspecified atom stereocenters. The van der Waals surface area contributed by atoms with Gasteiger partial charge >= 0.3 is 5.97 Å². The Hall–Kier alpha value is -1.10. The smallest absolute Gasteiger partial charge is 0.329 e. The van der Waals surface area contributed by atoms with Crippen molar-refractivity contribution in [3.63, 3.8) is 0 Å². The van der Waals surface area contributed by atoms with Crippen LogP contribution in [0.15, 0.2) is 0 Å². The maximum atomic E-state index is 12.2. The zero-order valence-electron chi connectivity index (χ0n) is 10.9. The predicted octanol–water partition coefficient (Wildman–Crippen LogP) is 0.842. The molecule has 1 atom stereocenters. The van der Waals surface area contributed by atoms with Crippen LogP contribution in [0, 0.1) is 5.92 Å². The molecule has 2 N–H and O–H groups in total. The highest BCUT2D eigenvalue weighted by molar-refractivity contribution is 5.88. The van der Waals surface area contributed by atoms with Gasteiger partial charge in [0, 0.05) is 6.54 Å². The first kappa shape index (κ1) is 13.3. The van der Waals surface area contributed by atoms with Crippen LogP contribution in [0.2, 0.25) is 0 Å². The van der Waals surface area contributed by atoms with Crippen LogP contribution in [0.3, 0.4) is 0 Å². The van der Waals surface area contributed by atoms with E-state index in [9.17, 15) is 14.7 Å². The minimum atomic E-state index is -1.00. The van der Waals surface area contributed by atoms with Gasteiger partial charge in [0.2, 0.25) is 5.91 Å². The summed E-state index contributed by atoms with van der Waals surface area (Å²) >= 11 is 0. The van der Waals surface area contributed by atoms with E-state index in [1.165, 1.54) is 0 Å². The summed E-state index contributed by atoms with van der Waals surface area (Å²) in [6.07, 6.45) is 4.80. The number of rotatable bonds is 3. The van der Waals surface area contributed by atoms with E-state index >= 15 is 0 Å². The van der Waals surface area contributed by atoms with Gasteiger partial charge in [0.1, 0.15) is 5.54 Å². The second-order valence-electron chi connectivity index (χ2n) is 5.69. The Bertz CT molecular complexity index is 337. The highest BCUT2D eigenvalue weighted by Gasteiger charge is 2.42.